The lowest BCUT2D eigenvalue weighted by Gasteiger charge is -2.33. The molecule has 0 aromatic heterocycles. The molecule has 5 heteroatoms. The van der Waals surface area contributed by atoms with Gasteiger partial charge in [0.25, 0.3) is 0 Å². The van der Waals surface area contributed by atoms with Gasteiger partial charge in [0.1, 0.15) is 0 Å². The Labute approximate surface area is 91.4 Å². The van der Waals surface area contributed by atoms with Crippen molar-refractivity contribution in [2.24, 2.45) is 0 Å². The summed E-state index contributed by atoms with van der Waals surface area (Å²) in [7, 11) is 1.95. The van der Waals surface area contributed by atoms with Crippen LogP contribution in [0.1, 0.15) is 6.92 Å². The van der Waals surface area contributed by atoms with Gasteiger partial charge in [0.15, 0.2) is 0 Å². The van der Waals surface area contributed by atoms with E-state index in [1.165, 1.54) is 0 Å². The Balaban J connectivity index is 2.20. The summed E-state index contributed by atoms with van der Waals surface area (Å²) in [5.74, 6) is 0. The van der Waals surface area contributed by atoms with Gasteiger partial charge < -0.3 is 15.0 Å². The summed E-state index contributed by atoms with van der Waals surface area (Å²) >= 11 is 0. The van der Waals surface area contributed by atoms with Gasteiger partial charge in [0.2, 0.25) is 0 Å². The van der Waals surface area contributed by atoms with Gasteiger partial charge in [0, 0.05) is 39.3 Å². The first-order valence-corrected chi connectivity index (χ1v) is 5.56. The number of piperazine rings is 1. The molecule has 5 nitrogen and oxygen atoms in total. The molecule has 0 unspecified atom stereocenters. The van der Waals surface area contributed by atoms with Gasteiger partial charge in [-0.3, -0.25) is 4.90 Å². The zero-order valence-electron chi connectivity index (χ0n) is 9.66. The first-order chi connectivity index (χ1) is 7.27. The van der Waals surface area contributed by atoms with E-state index in [9.17, 15) is 4.79 Å². The Morgan fingerprint density at radius 3 is 2.53 bits per heavy atom. The fraction of sp³-hybridized carbons (Fsp3) is 0.900. The lowest BCUT2D eigenvalue weighted by atomic mass is 10.3. The number of nitrogens with zero attached hydrogens (tertiary/aromatic N) is 2. The van der Waals surface area contributed by atoms with Crippen molar-refractivity contribution in [3.05, 3.63) is 0 Å². The molecule has 0 aliphatic carbocycles. The molecule has 0 spiro atoms. The molecule has 1 fully saturated rings. The molecule has 0 saturated carbocycles. The number of hydrogen-bond donors (Lipinski definition) is 1. The van der Waals surface area contributed by atoms with E-state index in [0.29, 0.717) is 6.61 Å². The first kappa shape index (κ1) is 12.3. The molecular formula is C10H21N3O2. The highest BCUT2D eigenvalue weighted by Crippen LogP contribution is 2.02. The fourth-order valence-electron chi connectivity index (χ4n) is 1.64. The van der Waals surface area contributed by atoms with E-state index in [4.69, 9.17) is 4.74 Å². The van der Waals surface area contributed by atoms with Crippen LogP contribution in [0.3, 0.4) is 0 Å². The third-order valence-electron chi connectivity index (χ3n) is 2.58. The molecule has 88 valence electrons. The lowest BCUT2D eigenvalue weighted by molar-refractivity contribution is 0.0800. The van der Waals surface area contributed by atoms with E-state index in [-0.39, 0.29) is 6.09 Å². The molecule has 1 aliphatic heterocycles. The second kappa shape index (κ2) is 6.63. The molecule has 1 N–H and O–H groups in total. The molecule has 1 aliphatic rings. The normalized spacial score (nSPS) is 17.9. The molecule has 1 rings (SSSR count). The van der Waals surface area contributed by atoms with Gasteiger partial charge in [-0.05, 0) is 14.0 Å². The Morgan fingerprint density at radius 1 is 1.33 bits per heavy atom. The van der Waals surface area contributed by atoms with Gasteiger partial charge in [-0.2, -0.15) is 0 Å². The van der Waals surface area contributed by atoms with Gasteiger partial charge >= 0.3 is 6.09 Å². The minimum atomic E-state index is -0.175. The third kappa shape index (κ3) is 4.05. The van der Waals surface area contributed by atoms with Gasteiger partial charge in [-0.25, -0.2) is 4.79 Å². The molecule has 0 aromatic rings. The zero-order chi connectivity index (χ0) is 11.1. The highest BCUT2D eigenvalue weighted by molar-refractivity contribution is 5.67. The van der Waals surface area contributed by atoms with E-state index in [1.807, 2.05) is 14.0 Å². The summed E-state index contributed by atoms with van der Waals surface area (Å²) in [6.07, 6.45) is -0.175. The maximum atomic E-state index is 11.4. The summed E-state index contributed by atoms with van der Waals surface area (Å²) in [4.78, 5) is 15.5. The van der Waals surface area contributed by atoms with Crippen LogP contribution in [0.2, 0.25) is 0 Å². The smallest absolute Gasteiger partial charge is 0.409 e. The van der Waals surface area contributed by atoms with Crippen molar-refractivity contribution < 1.29 is 9.53 Å². The zero-order valence-corrected chi connectivity index (χ0v) is 9.66. The average Bonchev–Trinajstić information content (AvgIpc) is 2.27. The minimum absolute atomic E-state index is 0.175. The van der Waals surface area contributed by atoms with Crippen LogP contribution in [0, 0.1) is 0 Å². The molecule has 0 aromatic carbocycles. The van der Waals surface area contributed by atoms with E-state index >= 15 is 0 Å². The first-order valence-electron chi connectivity index (χ1n) is 5.56. The number of nitrogens with one attached hydrogen (secondary N) is 1. The molecule has 0 atom stereocenters. The maximum Gasteiger partial charge on any atom is 0.409 e. The van der Waals surface area contributed by atoms with E-state index in [2.05, 4.69) is 10.2 Å². The highest BCUT2D eigenvalue weighted by Gasteiger charge is 2.20. The third-order valence-corrected chi connectivity index (χ3v) is 2.58. The van der Waals surface area contributed by atoms with Crippen LogP contribution in [0.4, 0.5) is 4.79 Å². The van der Waals surface area contributed by atoms with Crippen LogP contribution < -0.4 is 5.32 Å². The largest absolute Gasteiger partial charge is 0.450 e. The summed E-state index contributed by atoms with van der Waals surface area (Å²) in [5.41, 5.74) is 0. The Hall–Kier alpha value is -0.810. The fourth-order valence-corrected chi connectivity index (χ4v) is 1.64. The van der Waals surface area contributed by atoms with Crippen molar-refractivity contribution in [3.63, 3.8) is 0 Å². The van der Waals surface area contributed by atoms with Crippen molar-refractivity contribution in [3.8, 4) is 0 Å². The molecule has 1 saturated heterocycles. The quantitative estimate of drug-likeness (QED) is 0.716. The highest BCUT2D eigenvalue weighted by atomic mass is 16.6. The number of rotatable bonds is 4. The number of ether oxygens (including phenoxy) is 1. The van der Waals surface area contributed by atoms with Crippen LogP contribution in [0.15, 0.2) is 0 Å². The molecule has 0 radical (unpaired) electrons. The van der Waals surface area contributed by atoms with E-state index < -0.39 is 0 Å². The lowest BCUT2D eigenvalue weighted by Crippen LogP contribution is -2.50. The Bertz CT molecular complexity index is 191. The second-order valence-electron chi connectivity index (χ2n) is 3.63. The van der Waals surface area contributed by atoms with Crippen LogP contribution in [-0.2, 0) is 4.74 Å². The van der Waals surface area contributed by atoms with Crippen LogP contribution in [0.25, 0.3) is 0 Å². The van der Waals surface area contributed by atoms with Gasteiger partial charge in [-0.1, -0.05) is 0 Å². The monoisotopic (exact) mass is 215 g/mol. The molecule has 0 bridgehead atoms. The minimum Gasteiger partial charge on any atom is -0.450 e. The molecule has 15 heavy (non-hydrogen) atoms. The molecular weight excluding hydrogens is 194 g/mol. The van der Waals surface area contributed by atoms with Crippen molar-refractivity contribution in [2.75, 3.05) is 52.9 Å². The maximum absolute atomic E-state index is 11.4. The SMILES string of the molecule is CCOC(=O)N1CCN(CCNC)CC1. The van der Waals surface area contributed by atoms with Crippen LogP contribution >= 0.6 is 0 Å². The number of carbonyl (C=O) groups excluding carboxylic acids is 1. The molecule has 1 heterocycles. The molecule has 1 amide bonds. The van der Waals surface area contributed by atoms with Crippen molar-refractivity contribution >= 4 is 6.09 Å². The summed E-state index contributed by atoms with van der Waals surface area (Å²) < 4.78 is 4.95. The summed E-state index contributed by atoms with van der Waals surface area (Å²) in [6.45, 7) is 7.79. The number of likely N-dealkylation sites (N-methyl/N-ethyl adjacent to an activating group) is 1. The average molecular weight is 215 g/mol. The van der Waals surface area contributed by atoms with Crippen LogP contribution in [0.5, 0.6) is 0 Å². The van der Waals surface area contributed by atoms with Crippen molar-refractivity contribution in [1.29, 1.82) is 0 Å². The standard InChI is InChI=1S/C10H21N3O2/c1-3-15-10(14)13-8-6-12(7-9-13)5-4-11-2/h11H,3-9H2,1-2H3. The Kier molecular flexibility index (Phi) is 5.42. The van der Waals surface area contributed by atoms with E-state index in [1.54, 1.807) is 4.90 Å². The summed E-state index contributed by atoms with van der Waals surface area (Å²) in [5, 5.41) is 3.12. The van der Waals surface area contributed by atoms with Crippen molar-refractivity contribution in [2.45, 2.75) is 6.92 Å². The van der Waals surface area contributed by atoms with Gasteiger partial charge in [-0.15, -0.1) is 0 Å². The van der Waals surface area contributed by atoms with Gasteiger partial charge in [0.05, 0.1) is 6.61 Å². The van der Waals surface area contributed by atoms with E-state index in [0.717, 1.165) is 39.3 Å². The second-order valence-corrected chi connectivity index (χ2v) is 3.63. The number of amides is 1. The van der Waals surface area contributed by atoms with Crippen LogP contribution in [-0.4, -0.2) is 68.8 Å². The number of hydrogen-bond acceptors (Lipinski definition) is 4. The number of carbonyl (C=O) groups is 1. The van der Waals surface area contributed by atoms with Crippen molar-refractivity contribution in [1.82, 2.24) is 15.1 Å². The predicted octanol–water partition coefficient (Wildman–Crippen LogP) is -0.0201. The summed E-state index contributed by atoms with van der Waals surface area (Å²) in [6, 6.07) is 0. The Morgan fingerprint density at radius 2 is 2.00 bits per heavy atom. The topological polar surface area (TPSA) is 44.8 Å². The predicted molar refractivity (Wildman–Crippen MR) is 59.0 cm³/mol.